The van der Waals surface area contributed by atoms with Gasteiger partial charge in [-0.3, -0.25) is 9.78 Å². The molecule has 5 heteroatoms. The second-order valence-electron chi connectivity index (χ2n) is 6.41. The molecule has 1 N–H and O–H groups in total. The number of benzene rings is 2. The largest absolute Gasteiger partial charge is 0.487 e. The molecule has 0 fully saturated rings. The van der Waals surface area contributed by atoms with Crippen LogP contribution < -0.4 is 10.1 Å². The monoisotopic (exact) mass is 372 g/mol. The first-order valence-electron chi connectivity index (χ1n) is 8.94. The van der Waals surface area contributed by atoms with Crippen LogP contribution >= 0.6 is 0 Å². The van der Waals surface area contributed by atoms with Crippen LogP contribution in [0.1, 0.15) is 11.1 Å². The highest BCUT2D eigenvalue weighted by Gasteiger charge is 2.29. The summed E-state index contributed by atoms with van der Waals surface area (Å²) in [4.78, 5) is 16.0. The number of rotatable bonds is 3. The Hall–Kier alpha value is -3.65. The zero-order chi connectivity index (χ0) is 19.3. The maximum absolute atomic E-state index is 14.3. The van der Waals surface area contributed by atoms with Gasteiger partial charge in [-0.25, -0.2) is 4.39 Å². The maximum Gasteiger partial charge on any atom is 0.296 e. The van der Waals surface area contributed by atoms with Crippen LogP contribution in [0.3, 0.4) is 0 Å². The summed E-state index contributed by atoms with van der Waals surface area (Å²) in [5.74, 6) is 5.20. The second kappa shape index (κ2) is 7.93. The third kappa shape index (κ3) is 3.86. The average Bonchev–Trinajstić information content (AvgIpc) is 3.17. The standard InChI is InChI=1S/C23H17FN2O2/c24-21-8-7-19(17-10-12-25-13-11-17)23-20(21)14-18(28-23)15-26-22(27)9-6-16-4-2-1-3-5-16/h1-5,7-8,10-13,18H,14-15H2,(H,26,27). The molecule has 0 saturated carbocycles. The highest BCUT2D eigenvalue weighted by molar-refractivity contribution is 5.94. The number of fused-ring (bicyclic) bond motifs is 1. The minimum atomic E-state index is -0.391. The number of hydrogen-bond donors (Lipinski definition) is 1. The molecular weight excluding hydrogens is 355 g/mol. The van der Waals surface area contributed by atoms with Gasteiger partial charge in [-0.2, -0.15) is 0 Å². The molecule has 2 heterocycles. The van der Waals surface area contributed by atoms with Gasteiger partial charge in [-0.15, -0.1) is 0 Å². The van der Waals surface area contributed by atoms with Crippen LogP contribution in [0.25, 0.3) is 11.1 Å². The number of amides is 1. The fourth-order valence-corrected chi connectivity index (χ4v) is 3.14. The number of carbonyl (C=O) groups excluding carboxylic acids is 1. The van der Waals surface area contributed by atoms with Crippen molar-refractivity contribution >= 4 is 5.91 Å². The molecule has 1 aromatic heterocycles. The van der Waals surface area contributed by atoms with Crippen LogP contribution in [0.5, 0.6) is 5.75 Å². The molecule has 0 radical (unpaired) electrons. The van der Waals surface area contributed by atoms with Crippen LogP contribution in [-0.4, -0.2) is 23.5 Å². The Labute approximate surface area is 162 Å². The predicted molar refractivity (Wildman–Crippen MR) is 104 cm³/mol. The Kier molecular flexibility index (Phi) is 5.03. The summed E-state index contributed by atoms with van der Waals surface area (Å²) in [5.41, 5.74) is 3.02. The van der Waals surface area contributed by atoms with E-state index in [2.05, 4.69) is 22.1 Å². The topological polar surface area (TPSA) is 51.2 Å². The molecule has 4 rings (SSSR count). The lowest BCUT2D eigenvalue weighted by Crippen LogP contribution is -2.33. The summed E-state index contributed by atoms with van der Waals surface area (Å²) < 4.78 is 20.2. The minimum absolute atomic E-state index is 0.256. The summed E-state index contributed by atoms with van der Waals surface area (Å²) in [7, 11) is 0. The Morgan fingerprint density at radius 2 is 1.93 bits per heavy atom. The second-order valence-corrected chi connectivity index (χ2v) is 6.41. The Balaban J connectivity index is 1.43. The minimum Gasteiger partial charge on any atom is -0.487 e. The molecule has 138 valence electrons. The van der Waals surface area contributed by atoms with E-state index in [0.29, 0.717) is 17.7 Å². The zero-order valence-electron chi connectivity index (χ0n) is 15.0. The summed E-state index contributed by atoms with van der Waals surface area (Å²) in [5, 5.41) is 2.74. The molecule has 4 nitrogen and oxygen atoms in total. The fraction of sp³-hybridized carbons (Fsp3) is 0.130. The predicted octanol–water partition coefficient (Wildman–Crippen LogP) is 3.36. The summed E-state index contributed by atoms with van der Waals surface area (Å²) in [6, 6.07) is 16.1. The molecule has 2 aromatic carbocycles. The summed E-state index contributed by atoms with van der Waals surface area (Å²) in [6.07, 6.45) is 3.42. The van der Waals surface area contributed by atoms with E-state index in [1.807, 2.05) is 42.5 Å². The molecule has 1 amide bonds. The number of halogens is 1. The number of carbonyl (C=O) groups is 1. The van der Waals surface area contributed by atoms with Gasteiger partial charge in [0.05, 0.1) is 6.54 Å². The van der Waals surface area contributed by atoms with E-state index in [1.54, 1.807) is 18.5 Å². The molecule has 0 aliphatic carbocycles. The van der Waals surface area contributed by atoms with Crippen molar-refractivity contribution in [2.45, 2.75) is 12.5 Å². The molecule has 1 aliphatic rings. The maximum atomic E-state index is 14.3. The molecule has 28 heavy (non-hydrogen) atoms. The molecule has 1 aliphatic heterocycles. The third-order valence-corrected chi connectivity index (χ3v) is 4.50. The highest BCUT2D eigenvalue weighted by Crippen LogP contribution is 2.39. The Morgan fingerprint density at radius 1 is 1.14 bits per heavy atom. The number of aromatic nitrogens is 1. The lowest BCUT2D eigenvalue weighted by atomic mass is 10.0. The van der Waals surface area contributed by atoms with Crippen molar-refractivity contribution in [3.63, 3.8) is 0 Å². The van der Waals surface area contributed by atoms with Crippen molar-refractivity contribution in [3.8, 4) is 28.7 Å². The van der Waals surface area contributed by atoms with Crippen LogP contribution in [0, 0.1) is 17.7 Å². The quantitative estimate of drug-likeness (QED) is 0.718. The Morgan fingerprint density at radius 3 is 2.71 bits per heavy atom. The van der Waals surface area contributed by atoms with Gasteiger partial charge >= 0.3 is 0 Å². The highest BCUT2D eigenvalue weighted by atomic mass is 19.1. The lowest BCUT2D eigenvalue weighted by Gasteiger charge is -2.12. The van der Waals surface area contributed by atoms with Gasteiger partial charge in [0.25, 0.3) is 5.91 Å². The first kappa shape index (κ1) is 17.7. The molecule has 1 atom stereocenters. The van der Waals surface area contributed by atoms with E-state index in [9.17, 15) is 9.18 Å². The van der Waals surface area contributed by atoms with Crippen LogP contribution in [0.2, 0.25) is 0 Å². The van der Waals surface area contributed by atoms with Gasteiger partial charge in [-0.1, -0.05) is 24.1 Å². The zero-order valence-corrected chi connectivity index (χ0v) is 15.0. The molecule has 3 aromatic rings. The molecule has 1 unspecified atom stereocenters. The Bertz CT molecular complexity index is 1060. The smallest absolute Gasteiger partial charge is 0.296 e. The molecule has 0 bridgehead atoms. The first-order valence-corrected chi connectivity index (χ1v) is 8.94. The van der Waals surface area contributed by atoms with E-state index in [1.165, 1.54) is 6.07 Å². The van der Waals surface area contributed by atoms with E-state index in [0.717, 1.165) is 16.7 Å². The lowest BCUT2D eigenvalue weighted by molar-refractivity contribution is -0.116. The van der Waals surface area contributed by atoms with Gasteiger partial charge in [-0.05, 0) is 42.0 Å². The van der Waals surface area contributed by atoms with Crippen molar-refractivity contribution < 1.29 is 13.9 Å². The molecule has 0 spiro atoms. The van der Waals surface area contributed by atoms with E-state index < -0.39 is 5.91 Å². The number of pyridine rings is 1. The summed E-state index contributed by atoms with van der Waals surface area (Å²) in [6.45, 7) is 0.256. The van der Waals surface area contributed by atoms with Crippen molar-refractivity contribution in [2.75, 3.05) is 6.54 Å². The van der Waals surface area contributed by atoms with Crippen molar-refractivity contribution in [2.24, 2.45) is 0 Å². The fourth-order valence-electron chi connectivity index (χ4n) is 3.14. The number of nitrogens with one attached hydrogen (secondary N) is 1. The van der Waals surface area contributed by atoms with Crippen molar-refractivity contribution in [1.82, 2.24) is 10.3 Å². The third-order valence-electron chi connectivity index (χ3n) is 4.50. The number of nitrogens with zero attached hydrogens (tertiary/aromatic N) is 1. The number of hydrogen-bond acceptors (Lipinski definition) is 3. The van der Waals surface area contributed by atoms with Gasteiger partial charge in [0, 0.05) is 41.4 Å². The first-order chi connectivity index (χ1) is 13.7. The van der Waals surface area contributed by atoms with E-state index >= 15 is 0 Å². The van der Waals surface area contributed by atoms with Gasteiger partial charge in [0.1, 0.15) is 17.7 Å². The van der Waals surface area contributed by atoms with Crippen LogP contribution in [0.15, 0.2) is 67.0 Å². The van der Waals surface area contributed by atoms with Crippen molar-refractivity contribution in [3.05, 3.63) is 83.9 Å². The van der Waals surface area contributed by atoms with E-state index in [-0.39, 0.29) is 18.5 Å². The van der Waals surface area contributed by atoms with Crippen LogP contribution in [-0.2, 0) is 11.2 Å². The van der Waals surface area contributed by atoms with Gasteiger partial charge in [0.2, 0.25) is 0 Å². The van der Waals surface area contributed by atoms with Gasteiger partial charge < -0.3 is 10.1 Å². The molecule has 0 saturated heterocycles. The average molecular weight is 372 g/mol. The van der Waals surface area contributed by atoms with Crippen molar-refractivity contribution in [1.29, 1.82) is 0 Å². The summed E-state index contributed by atoms with van der Waals surface area (Å²) >= 11 is 0. The SMILES string of the molecule is O=C(C#Cc1ccccc1)NCC1Cc2c(F)ccc(-c3ccncc3)c2O1. The van der Waals surface area contributed by atoms with E-state index in [4.69, 9.17) is 4.74 Å². The van der Waals surface area contributed by atoms with Gasteiger partial charge in [0.15, 0.2) is 0 Å². The molecular formula is C23H17FN2O2. The normalized spacial score (nSPS) is 14.4. The van der Waals surface area contributed by atoms with Crippen LogP contribution in [0.4, 0.5) is 4.39 Å². The number of ether oxygens (including phenoxy) is 1.